The molecule has 8 heteroatoms. The third-order valence-corrected chi connectivity index (χ3v) is 1.44. The van der Waals surface area contributed by atoms with Gasteiger partial charge in [0.2, 0.25) is 0 Å². The highest BCUT2D eigenvalue weighted by Crippen LogP contribution is 2.31. The molecule has 0 rings (SSSR count). The lowest BCUT2D eigenvalue weighted by Gasteiger charge is -2.05. The Labute approximate surface area is 73.8 Å². The Morgan fingerprint density at radius 2 is 1.17 bits per heavy atom. The summed E-state index contributed by atoms with van der Waals surface area (Å²) < 4.78 is 9.36. The first-order chi connectivity index (χ1) is 5.54. The van der Waals surface area contributed by atoms with Gasteiger partial charge in [0, 0.05) is 0 Å². The molecule has 0 aromatic carbocycles. The van der Waals surface area contributed by atoms with E-state index in [1.807, 2.05) is 13.8 Å². The second kappa shape index (κ2) is 11.6. The molecule has 0 aliphatic rings. The molecule has 0 aromatic rings. The lowest BCUT2D eigenvalue weighted by atomic mass is 10.9. The number of hydrogen-bond donors (Lipinski definition) is 4. The molecule has 4 N–H and O–H groups in total. The SMILES string of the molecule is CCOP(O)OCC.OP(O)O. The zero-order valence-corrected chi connectivity index (χ0v) is 8.70. The first kappa shape index (κ1) is 15.1. The summed E-state index contributed by atoms with van der Waals surface area (Å²) in [5, 5.41) is 0. The zero-order chi connectivity index (χ0) is 9.98. The fourth-order valence-electron chi connectivity index (χ4n) is 0.258. The highest BCUT2D eigenvalue weighted by atomic mass is 31.2. The fourth-order valence-corrected chi connectivity index (χ4v) is 0.774. The van der Waals surface area contributed by atoms with Crippen LogP contribution >= 0.6 is 17.2 Å². The van der Waals surface area contributed by atoms with Gasteiger partial charge in [0.25, 0.3) is 0 Å². The number of hydrogen-bond acceptors (Lipinski definition) is 6. The first-order valence-electron chi connectivity index (χ1n) is 3.16. The minimum atomic E-state index is -2.62. The zero-order valence-electron chi connectivity index (χ0n) is 6.91. The van der Waals surface area contributed by atoms with Crippen LogP contribution in [0.4, 0.5) is 0 Å². The molecule has 0 bridgehead atoms. The van der Waals surface area contributed by atoms with E-state index in [4.69, 9.17) is 19.6 Å². The Balaban J connectivity index is 0. The van der Waals surface area contributed by atoms with Gasteiger partial charge >= 0.3 is 17.2 Å². The average Bonchev–Trinajstić information content (AvgIpc) is 1.87. The van der Waals surface area contributed by atoms with Crippen molar-refractivity contribution in [3.05, 3.63) is 0 Å². The van der Waals surface area contributed by atoms with Gasteiger partial charge in [-0.3, -0.25) is 0 Å². The second-order valence-electron chi connectivity index (χ2n) is 1.34. The van der Waals surface area contributed by atoms with Crippen molar-refractivity contribution in [1.82, 2.24) is 0 Å². The summed E-state index contributed by atoms with van der Waals surface area (Å²) in [6.07, 6.45) is 0. The molecule has 0 aromatic heterocycles. The normalized spacial score (nSPS) is 10.0. The van der Waals surface area contributed by atoms with E-state index in [0.717, 1.165) is 0 Å². The Hall–Kier alpha value is 0.620. The van der Waals surface area contributed by atoms with Crippen LogP contribution in [0.1, 0.15) is 13.8 Å². The van der Waals surface area contributed by atoms with E-state index in [9.17, 15) is 0 Å². The van der Waals surface area contributed by atoms with E-state index in [1.165, 1.54) is 0 Å². The third kappa shape index (κ3) is 22.4. The van der Waals surface area contributed by atoms with E-state index >= 15 is 0 Å². The van der Waals surface area contributed by atoms with Gasteiger partial charge in [-0.05, 0) is 13.8 Å². The maximum Gasteiger partial charge on any atom is 0.329 e. The van der Waals surface area contributed by atoms with Gasteiger partial charge in [-0.15, -0.1) is 0 Å². The summed E-state index contributed by atoms with van der Waals surface area (Å²) in [4.78, 5) is 30.4. The Bertz CT molecular complexity index is 73.2. The maximum absolute atomic E-state index is 8.67. The monoisotopic (exact) mass is 220 g/mol. The van der Waals surface area contributed by atoms with E-state index in [0.29, 0.717) is 13.2 Å². The third-order valence-electron chi connectivity index (χ3n) is 0.479. The van der Waals surface area contributed by atoms with Gasteiger partial charge in [-0.25, -0.2) is 0 Å². The minimum absolute atomic E-state index is 0.502. The molecule has 0 aliphatic carbocycles. The molecular weight excluding hydrogens is 206 g/mol. The predicted molar refractivity (Wildman–Crippen MR) is 46.0 cm³/mol. The summed E-state index contributed by atoms with van der Waals surface area (Å²) in [6, 6.07) is 0. The van der Waals surface area contributed by atoms with Crippen molar-refractivity contribution in [2.75, 3.05) is 13.2 Å². The molecule has 76 valence electrons. The smallest absolute Gasteiger partial charge is 0.328 e. The first-order valence-corrected chi connectivity index (χ1v) is 5.49. The molecule has 12 heavy (non-hydrogen) atoms. The summed E-state index contributed by atoms with van der Waals surface area (Å²) in [6.45, 7) is 4.62. The van der Waals surface area contributed by atoms with Gasteiger partial charge in [0.1, 0.15) is 0 Å². The van der Waals surface area contributed by atoms with E-state index in [-0.39, 0.29) is 0 Å². The van der Waals surface area contributed by atoms with E-state index < -0.39 is 17.2 Å². The van der Waals surface area contributed by atoms with Crippen LogP contribution in [0.15, 0.2) is 0 Å². The summed E-state index contributed by atoms with van der Waals surface area (Å²) >= 11 is 0. The van der Waals surface area contributed by atoms with Gasteiger partial charge in [0.05, 0.1) is 13.2 Å². The lowest BCUT2D eigenvalue weighted by Crippen LogP contribution is -1.87. The van der Waals surface area contributed by atoms with Crippen molar-refractivity contribution in [1.29, 1.82) is 0 Å². The lowest BCUT2D eigenvalue weighted by molar-refractivity contribution is 0.216. The predicted octanol–water partition coefficient (Wildman–Crippen LogP) is 0.469. The van der Waals surface area contributed by atoms with Gasteiger partial charge in [-0.2, -0.15) is 0 Å². The van der Waals surface area contributed by atoms with Crippen LogP contribution < -0.4 is 0 Å². The van der Waals surface area contributed by atoms with E-state index in [2.05, 4.69) is 9.05 Å². The van der Waals surface area contributed by atoms with Crippen LogP contribution in [-0.4, -0.2) is 32.8 Å². The minimum Gasteiger partial charge on any atom is -0.328 e. The van der Waals surface area contributed by atoms with Crippen molar-refractivity contribution in [2.45, 2.75) is 13.8 Å². The van der Waals surface area contributed by atoms with Crippen LogP contribution in [0.3, 0.4) is 0 Å². The van der Waals surface area contributed by atoms with Gasteiger partial charge in [-0.1, -0.05) is 0 Å². The molecule has 0 amide bonds. The van der Waals surface area contributed by atoms with Gasteiger partial charge in [0.15, 0.2) is 0 Å². The maximum atomic E-state index is 8.67. The van der Waals surface area contributed by atoms with Gasteiger partial charge < -0.3 is 28.6 Å². The quantitative estimate of drug-likeness (QED) is 0.514. The van der Waals surface area contributed by atoms with E-state index in [1.54, 1.807) is 0 Å². The molecule has 0 atom stereocenters. The van der Waals surface area contributed by atoms with Crippen LogP contribution in [0.2, 0.25) is 0 Å². The summed E-state index contributed by atoms with van der Waals surface area (Å²) in [7, 11) is -4.20. The van der Waals surface area contributed by atoms with Crippen molar-refractivity contribution in [2.24, 2.45) is 0 Å². The van der Waals surface area contributed by atoms with Crippen LogP contribution in [0, 0.1) is 0 Å². The van der Waals surface area contributed by atoms with Crippen LogP contribution in [0.5, 0.6) is 0 Å². The molecule has 6 nitrogen and oxygen atoms in total. The topological polar surface area (TPSA) is 99.4 Å². The summed E-state index contributed by atoms with van der Waals surface area (Å²) in [5.41, 5.74) is 0. The molecular formula is C4H14O6P2. The Morgan fingerprint density at radius 3 is 1.33 bits per heavy atom. The van der Waals surface area contributed by atoms with Crippen LogP contribution in [0.25, 0.3) is 0 Å². The molecule has 0 aliphatic heterocycles. The molecule has 0 fully saturated rings. The number of rotatable bonds is 4. The Morgan fingerprint density at radius 1 is 0.917 bits per heavy atom. The molecule has 0 saturated carbocycles. The molecule has 0 spiro atoms. The highest BCUT2D eigenvalue weighted by Gasteiger charge is 2.00. The van der Waals surface area contributed by atoms with Crippen molar-refractivity contribution in [3.63, 3.8) is 0 Å². The van der Waals surface area contributed by atoms with Crippen molar-refractivity contribution in [3.8, 4) is 0 Å². The molecule has 0 heterocycles. The standard InChI is InChI=1S/C4H11O3P.H3O3P/c1-3-6-8(5)7-4-2;1-4(2)3/h5H,3-4H2,1-2H3;1-3H. The Kier molecular flexibility index (Phi) is 14.6. The molecule has 0 radical (unpaired) electrons. The largest absolute Gasteiger partial charge is 0.329 e. The summed E-state index contributed by atoms with van der Waals surface area (Å²) in [5.74, 6) is 0. The molecule has 0 unspecified atom stereocenters. The average molecular weight is 220 g/mol. The molecule has 0 saturated heterocycles. The fraction of sp³-hybridized carbons (Fsp3) is 1.00. The highest BCUT2D eigenvalue weighted by molar-refractivity contribution is 7.40. The van der Waals surface area contributed by atoms with Crippen molar-refractivity contribution >= 4 is 17.2 Å². The van der Waals surface area contributed by atoms with Crippen LogP contribution in [-0.2, 0) is 9.05 Å². The second-order valence-corrected chi connectivity index (χ2v) is 2.87. The van der Waals surface area contributed by atoms with Crippen molar-refractivity contribution < 1.29 is 28.6 Å².